The molecule has 292 valence electrons. The van der Waals surface area contributed by atoms with E-state index in [9.17, 15) is 0 Å². The molecular formula is C57H38N4S. The van der Waals surface area contributed by atoms with Gasteiger partial charge in [0.05, 0.1) is 28.1 Å². The molecule has 4 nitrogen and oxygen atoms in total. The molecule has 5 heteroatoms. The predicted molar refractivity (Wildman–Crippen MR) is 263 cm³/mol. The molecule has 0 bridgehead atoms. The summed E-state index contributed by atoms with van der Waals surface area (Å²) in [7, 11) is 0. The molecule has 62 heavy (non-hydrogen) atoms. The van der Waals surface area contributed by atoms with Gasteiger partial charge in [0.2, 0.25) is 0 Å². The van der Waals surface area contributed by atoms with Crippen LogP contribution in [-0.2, 0) is 0 Å². The Hall–Kier alpha value is -7.99. The molecule has 11 rings (SSSR count). The van der Waals surface area contributed by atoms with Crippen LogP contribution in [0.5, 0.6) is 0 Å². The Morgan fingerprint density at radius 1 is 0.484 bits per heavy atom. The molecule has 1 N–H and O–H groups in total. The van der Waals surface area contributed by atoms with Crippen molar-refractivity contribution in [2.24, 2.45) is 0 Å². The minimum absolute atomic E-state index is 0.455. The second-order valence-electron chi connectivity index (χ2n) is 15.4. The van der Waals surface area contributed by atoms with Crippen LogP contribution in [0.1, 0.15) is 5.56 Å². The maximum Gasteiger partial charge on any atom is 0.0708 e. The molecular weight excluding hydrogens is 773 g/mol. The van der Waals surface area contributed by atoms with Crippen LogP contribution in [-0.4, -0.2) is 20.2 Å². The van der Waals surface area contributed by atoms with Crippen LogP contribution >= 0.6 is 11.3 Å². The van der Waals surface area contributed by atoms with Crippen molar-refractivity contribution in [3.05, 3.63) is 225 Å². The van der Waals surface area contributed by atoms with Crippen molar-refractivity contribution < 1.29 is 0 Å². The highest BCUT2D eigenvalue weighted by atomic mass is 32.1. The van der Waals surface area contributed by atoms with Gasteiger partial charge in [-0.15, -0.1) is 11.3 Å². The summed E-state index contributed by atoms with van der Waals surface area (Å²) in [5.74, 6) is 0. The van der Waals surface area contributed by atoms with Gasteiger partial charge >= 0.3 is 0 Å². The van der Waals surface area contributed by atoms with Gasteiger partial charge in [-0.25, -0.2) is 0 Å². The lowest BCUT2D eigenvalue weighted by Gasteiger charge is -2.12. The number of allylic oxidation sites excluding steroid dienone is 3. The Balaban J connectivity index is 1.12. The molecule has 0 aliphatic carbocycles. The van der Waals surface area contributed by atoms with E-state index in [1.54, 1.807) is 12.2 Å². The van der Waals surface area contributed by atoms with E-state index >= 15 is 0 Å². The van der Waals surface area contributed by atoms with Crippen LogP contribution in [0, 0.1) is 5.41 Å². The largest absolute Gasteiger partial charge is 0.309 e. The Morgan fingerprint density at radius 2 is 0.968 bits per heavy atom. The van der Waals surface area contributed by atoms with Crippen LogP contribution in [0.2, 0.25) is 0 Å². The summed E-state index contributed by atoms with van der Waals surface area (Å²) in [4.78, 5) is 9.47. The number of hydrogen-bond acceptors (Lipinski definition) is 4. The Kier molecular flexibility index (Phi) is 9.29. The molecule has 0 saturated heterocycles. The summed E-state index contributed by atoms with van der Waals surface area (Å²) in [5.41, 5.74) is 15.5. The summed E-state index contributed by atoms with van der Waals surface area (Å²) in [6.45, 7) is 3.79. The number of aromatic nitrogens is 3. The van der Waals surface area contributed by atoms with Crippen molar-refractivity contribution in [3.8, 4) is 61.6 Å². The van der Waals surface area contributed by atoms with E-state index in [0.29, 0.717) is 5.71 Å². The summed E-state index contributed by atoms with van der Waals surface area (Å²) in [6.07, 6.45) is 9.03. The van der Waals surface area contributed by atoms with Gasteiger partial charge in [0.15, 0.2) is 0 Å². The molecule has 0 saturated carbocycles. The third-order valence-corrected chi connectivity index (χ3v) is 12.9. The van der Waals surface area contributed by atoms with Crippen molar-refractivity contribution in [2.75, 3.05) is 0 Å². The summed E-state index contributed by atoms with van der Waals surface area (Å²) in [6, 6.07) is 64.8. The van der Waals surface area contributed by atoms with Crippen molar-refractivity contribution in [2.45, 2.75) is 0 Å². The third kappa shape index (κ3) is 6.44. The molecule has 0 aliphatic rings. The molecule has 0 radical (unpaired) electrons. The van der Waals surface area contributed by atoms with E-state index in [4.69, 9.17) is 15.4 Å². The van der Waals surface area contributed by atoms with Gasteiger partial charge in [0.1, 0.15) is 0 Å². The van der Waals surface area contributed by atoms with E-state index in [-0.39, 0.29) is 0 Å². The van der Waals surface area contributed by atoms with Crippen LogP contribution < -0.4 is 0 Å². The summed E-state index contributed by atoms with van der Waals surface area (Å²) < 4.78 is 4.89. The van der Waals surface area contributed by atoms with Crippen molar-refractivity contribution in [1.82, 2.24) is 14.5 Å². The molecule has 0 atom stereocenters. The lowest BCUT2D eigenvalue weighted by atomic mass is 9.94. The maximum absolute atomic E-state index is 8.81. The molecule has 4 aromatic heterocycles. The number of rotatable bonds is 9. The van der Waals surface area contributed by atoms with Crippen LogP contribution in [0.3, 0.4) is 0 Å². The molecule has 7 aromatic carbocycles. The van der Waals surface area contributed by atoms with E-state index in [1.165, 1.54) is 30.9 Å². The first-order valence-electron chi connectivity index (χ1n) is 20.7. The molecule has 0 fully saturated rings. The number of benzene rings is 7. The first-order valence-corrected chi connectivity index (χ1v) is 21.5. The number of pyridine rings is 2. The highest BCUT2D eigenvalue weighted by Gasteiger charge is 2.19. The fourth-order valence-electron chi connectivity index (χ4n) is 8.89. The number of nitrogens with one attached hydrogen (secondary N) is 1. The quantitative estimate of drug-likeness (QED) is 0.117. The van der Waals surface area contributed by atoms with Crippen LogP contribution in [0.15, 0.2) is 219 Å². The average molecular weight is 811 g/mol. The molecule has 0 amide bonds. The first kappa shape index (κ1) is 37.0. The second kappa shape index (κ2) is 15.6. The SMILES string of the molecule is C=C/C=C\C(=N)c1ccccc1-c1ccc2sc3ccc(-n4c5ccc(-c6ccccc6-c6ccccn6)cc5c5cc(-c6ccccc6-c6ccccn6)ccc54)cc3c2c1. The van der Waals surface area contributed by atoms with Crippen molar-refractivity contribution >= 4 is 59.0 Å². The molecule has 0 aliphatic heterocycles. The normalized spacial score (nSPS) is 11.6. The highest BCUT2D eigenvalue weighted by Crippen LogP contribution is 2.43. The monoisotopic (exact) mass is 810 g/mol. The zero-order valence-corrected chi connectivity index (χ0v) is 34.5. The van der Waals surface area contributed by atoms with E-state index in [2.05, 4.69) is 151 Å². The zero-order valence-electron chi connectivity index (χ0n) is 33.7. The lowest BCUT2D eigenvalue weighted by Crippen LogP contribution is -1.97. The zero-order chi connectivity index (χ0) is 41.6. The van der Waals surface area contributed by atoms with Gasteiger partial charge in [-0.3, -0.25) is 9.97 Å². The summed E-state index contributed by atoms with van der Waals surface area (Å²) >= 11 is 1.81. The smallest absolute Gasteiger partial charge is 0.0708 e. The van der Waals surface area contributed by atoms with Crippen LogP contribution in [0.25, 0.3) is 104 Å². The third-order valence-electron chi connectivity index (χ3n) is 11.8. The van der Waals surface area contributed by atoms with Gasteiger partial charge in [0.25, 0.3) is 0 Å². The molecule has 0 spiro atoms. The molecule has 0 unspecified atom stereocenters. The molecule has 4 heterocycles. The second-order valence-corrected chi connectivity index (χ2v) is 16.5. The number of hydrogen-bond donors (Lipinski definition) is 1. The van der Waals surface area contributed by atoms with Crippen molar-refractivity contribution in [3.63, 3.8) is 0 Å². The lowest BCUT2D eigenvalue weighted by molar-refractivity contribution is 1.19. The van der Waals surface area contributed by atoms with Crippen molar-refractivity contribution in [1.29, 1.82) is 5.41 Å². The maximum atomic E-state index is 8.81. The Morgan fingerprint density at radius 3 is 1.55 bits per heavy atom. The van der Waals surface area contributed by atoms with Gasteiger partial charge in [-0.05, 0) is 118 Å². The minimum Gasteiger partial charge on any atom is -0.309 e. The standard InChI is InChI=1S/C57H38N4S/c1-2-3-20-51(58)44-17-7-4-14-41(44)39-25-29-56-49(35-39)50-36-40(26-30-57(50)62-56)61-54-27-23-37(42-15-5-8-18-45(42)52-21-10-12-31-59-52)33-47(54)48-34-38(24-28-55(48)61)43-16-6-9-19-46(43)53-22-11-13-32-60-53/h2-36,58H,1H2/b20-3-,58-51?. The Labute approximate surface area is 363 Å². The summed E-state index contributed by atoms with van der Waals surface area (Å²) in [5, 5.41) is 13.6. The predicted octanol–water partition coefficient (Wildman–Crippen LogP) is 15.4. The van der Waals surface area contributed by atoms with Gasteiger partial charge < -0.3 is 9.98 Å². The Bertz CT molecular complexity index is 3420. The fraction of sp³-hybridized carbons (Fsp3) is 0. The van der Waals surface area contributed by atoms with Gasteiger partial charge in [-0.2, -0.15) is 0 Å². The van der Waals surface area contributed by atoms with Gasteiger partial charge in [-0.1, -0.05) is 122 Å². The highest BCUT2D eigenvalue weighted by molar-refractivity contribution is 7.25. The van der Waals surface area contributed by atoms with Crippen LogP contribution in [0.4, 0.5) is 0 Å². The van der Waals surface area contributed by atoms with E-state index < -0.39 is 0 Å². The van der Waals surface area contributed by atoms with E-state index in [0.717, 1.165) is 78.2 Å². The topological polar surface area (TPSA) is 54.6 Å². The van der Waals surface area contributed by atoms with Gasteiger partial charge in [0, 0.05) is 65.7 Å². The first-order chi connectivity index (χ1) is 30.6. The fourth-order valence-corrected chi connectivity index (χ4v) is 9.96. The number of fused-ring (bicyclic) bond motifs is 6. The molecule has 11 aromatic rings. The minimum atomic E-state index is 0.455. The van der Waals surface area contributed by atoms with E-state index in [1.807, 2.05) is 72.3 Å². The number of thiophene rings is 1. The average Bonchev–Trinajstić information content (AvgIpc) is 3.87. The number of nitrogens with zero attached hydrogens (tertiary/aromatic N) is 3.